The van der Waals surface area contributed by atoms with Gasteiger partial charge in [-0.3, -0.25) is 0 Å². The third kappa shape index (κ3) is 2.38. The van der Waals surface area contributed by atoms with Crippen LogP contribution in [0.5, 0.6) is 0 Å². The van der Waals surface area contributed by atoms with Crippen LogP contribution in [0, 0.1) is 5.41 Å². The predicted octanol–water partition coefficient (Wildman–Crippen LogP) is 3.94. The first-order valence-electron chi connectivity index (χ1n) is 8.27. The minimum atomic E-state index is 0.344. The van der Waals surface area contributed by atoms with Crippen LogP contribution < -0.4 is 5.32 Å². The Hall–Kier alpha value is -1.35. The number of hydrogen-bond donors (Lipinski definition) is 1. The fourth-order valence-electron chi connectivity index (χ4n) is 3.99. The average Bonchev–Trinajstić information content (AvgIpc) is 2.97. The largest absolute Gasteiger partial charge is 0.323 e. The summed E-state index contributed by atoms with van der Waals surface area (Å²) in [5.74, 6) is 1.22. The van der Waals surface area contributed by atoms with Gasteiger partial charge >= 0.3 is 0 Å². The molecule has 0 amide bonds. The first kappa shape index (κ1) is 14.6. The van der Waals surface area contributed by atoms with Crippen LogP contribution >= 0.6 is 0 Å². The molecule has 2 aromatic rings. The molecule has 0 saturated heterocycles. The fraction of sp³-hybridized carbons (Fsp3) is 0.611. The minimum Gasteiger partial charge on any atom is -0.323 e. The van der Waals surface area contributed by atoms with Crippen LogP contribution in [-0.4, -0.2) is 22.1 Å². The van der Waals surface area contributed by atoms with Crippen LogP contribution in [0.15, 0.2) is 24.3 Å². The highest BCUT2D eigenvalue weighted by Crippen LogP contribution is 2.45. The quantitative estimate of drug-likeness (QED) is 0.922. The molecule has 3 nitrogen and oxygen atoms in total. The Morgan fingerprint density at radius 2 is 2.05 bits per heavy atom. The van der Waals surface area contributed by atoms with E-state index in [0.717, 1.165) is 18.5 Å². The Labute approximate surface area is 127 Å². The molecule has 1 heterocycles. The van der Waals surface area contributed by atoms with Gasteiger partial charge in [-0.25, -0.2) is 4.98 Å². The lowest BCUT2D eigenvalue weighted by molar-refractivity contribution is 0.252. The molecule has 21 heavy (non-hydrogen) atoms. The number of aromatic nitrogens is 2. The summed E-state index contributed by atoms with van der Waals surface area (Å²) in [5, 5.41) is 3.74. The van der Waals surface area contributed by atoms with Crippen LogP contribution in [0.25, 0.3) is 11.0 Å². The van der Waals surface area contributed by atoms with Crippen molar-refractivity contribution in [2.75, 3.05) is 6.54 Å². The van der Waals surface area contributed by atoms with Gasteiger partial charge in [-0.15, -0.1) is 0 Å². The molecule has 1 aromatic heterocycles. The molecular formula is C18H27N3. The molecule has 3 rings (SSSR count). The summed E-state index contributed by atoms with van der Waals surface area (Å²) >= 11 is 0. The van der Waals surface area contributed by atoms with E-state index >= 15 is 0 Å². The lowest BCUT2D eigenvalue weighted by atomic mass is 9.86. The molecule has 1 fully saturated rings. The highest BCUT2D eigenvalue weighted by molar-refractivity contribution is 5.76. The third-order valence-corrected chi connectivity index (χ3v) is 5.05. The average molecular weight is 285 g/mol. The summed E-state index contributed by atoms with van der Waals surface area (Å²) in [5.41, 5.74) is 2.77. The Morgan fingerprint density at radius 1 is 1.29 bits per heavy atom. The van der Waals surface area contributed by atoms with E-state index in [9.17, 15) is 0 Å². The van der Waals surface area contributed by atoms with Gasteiger partial charge in [-0.05, 0) is 36.9 Å². The SMILES string of the molecule is CCNC1C(n2c(CC)nc3ccccc32)CCC1(C)C. The number of imidazole rings is 1. The van der Waals surface area contributed by atoms with E-state index in [4.69, 9.17) is 4.98 Å². The second-order valence-corrected chi connectivity index (χ2v) is 6.87. The van der Waals surface area contributed by atoms with Crippen LogP contribution in [0.4, 0.5) is 0 Å². The van der Waals surface area contributed by atoms with E-state index in [0.29, 0.717) is 17.5 Å². The molecular weight excluding hydrogens is 258 g/mol. The van der Waals surface area contributed by atoms with Crippen molar-refractivity contribution in [3.05, 3.63) is 30.1 Å². The van der Waals surface area contributed by atoms with Gasteiger partial charge in [0.05, 0.1) is 17.1 Å². The molecule has 0 aliphatic heterocycles. The number of aryl methyl sites for hydroxylation is 1. The summed E-state index contributed by atoms with van der Waals surface area (Å²) in [4.78, 5) is 4.85. The Morgan fingerprint density at radius 3 is 2.76 bits per heavy atom. The number of hydrogen-bond acceptors (Lipinski definition) is 2. The van der Waals surface area contributed by atoms with Gasteiger partial charge in [0.25, 0.3) is 0 Å². The first-order chi connectivity index (χ1) is 10.1. The number of rotatable bonds is 4. The molecule has 1 aromatic carbocycles. The lowest BCUT2D eigenvalue weighted by Crippen LogP contribution is -2.43. The number of likely N-dealkylation sites (N-methyl/N-ethyl adjacent to an activating group) is 1. The van der Waals surface area contributed by atoms with Crippen molar-refractivity contribution in [2.45, 2.75) is 59.0 Å². The summed E-state index contributed by atoms with van der Waals surface area (Å²) in [7, 11) is 0. The van der Waals surface area contributed by atoms with E-state index in [1.807, 2.05) is 0 Å². The smallest absolute Gasteiger partial charge is 0.109 e. The first-order valence-corrected chi connectivity index (χ1v) is 8.27. The Balaban J connectivity index is 2.10. The van der Waals surface area contributed by atoms with E-state index < -0.39 is 0 Å². The Bertz CT molecular complexity index is 626. The molecule has 1 aliphatic carbocycles. The monoisotopic (exact) mass is 285 g/mol. The van der Waals surface area contributed by atoms with Crippen LogP contribution in [0.3, 0.4) is 0 Å². The normalized spacial score (nSPS) is 24.8. The van der Waals surface area contributed by atoms with Crippen molar-refractivity contribution in [1.82, 2.24) is 14.9 Å². The van der Waals surface area contributed by atoms with Gasteiger partial charge in [0, 0.05) is 12.5 Å². The summed E-state index contributed by atoms with van der Waals surface area (Å²) < 4.78 is 2.51. The highest BCUT2D eigenvalue weighted by Gasteiger charge is 2.43. The van der Waals surface area contributed by atoms with Gasteiger partial charge in [-0.1, -0.05) is 39.8 Å². The summed E-state index contributed by atoms with van der Waals surface area (Å²) in [6.45, 7) is 10.2. The molecule has 1 saturated carbocycles. The van der Waals surface area contributed by atoms with Gasteiger partial charge in [0.2, 0.25) is 0 Å². The van der Waals surface area contributed by atoms with Gasteiger partial charge in [0.1, 0.15) is 5.82 Å². The zero-order valence-electron chi connectivity index (χ0n) is 13.7. The van der Waals surface area contributed by atoms with Gasteiger partial charge in [0.15, 0.2) is 0 Å². The van der Waals surface area contributed by atoms with Gasteiger partial charge < -0.3 is 9.88 Å². The number of nitrogens with one attached hydrogen (secondary N) is 1. The maximum absolute atomic E-state index is 4.85. The van der Waals surface area contributed by atoms with Crippen LogP contribution in [0.1, 0.15) is 52.4 Å². The van der Waals surface area contributed by atoms with E-state index in [2.05, 4.69) is 61.8 Å². The van der Waals surface area contributed by atoms with Crippen molar-refractivity contribution in [1.29, 1.82) is 0 Å². The van der Waals surface area contributed by atoms with E-state index in [1.165, 1.54) is 24.2 Å². The lowest BCUT2D eigenvalue weighted by Gasteiger charge is -2.33. The predicted molar refractivity (Wildman–Crippen MR) is 88.6 cm³/mol. The molecule has 0 spiro atoms. The van der Waals surface area contributed by atoms with Crippen molar-refractivity contribution < 1.29 is 0 Å². The molecule has 3 heteroatoms. The maximum atomic E-state index is 4.85. The number of nitrogens with zero attached hydrogens (tertiary/aromatic N) is 2. The molecule has 0 bridgehead atoms. The third-order valence-electron chi connectivity index (χ3n) is 5.05. The minimum absolute atomic E-state index is 0.344. The zero-order chi connectivity index (χ0) is 15.0. The van der Waals surface area contributed by atoms with Crippen LogP contribution in [-0.2, 0) is 6.42 Å². The summed E-state index contributed by atoms with van der Waals surface area (Å²) in [6, 6.07) is 9.60. The number of benzene rings is 1. The van der Waals surface area contributed by atoms with E-state index in [1.54, 1.807) is 0 Å². The number of fused-ring (bicyclic) bond motifs is 1. The standard InChI is InChI=1S/C18H27N3/c1-5-16-20-13-9-7-8-10-14(13)21(16)15-11-12-18(3,4)17(15)19-6-2/h7-10,15,17,19H,5-6,11-12H2,1-4H3. The molecule has 0 radical (unpaired) electrons. The topological polar surface area (TPSA) is 29.9 Å². The van der Waals surface area contributed by atoms with E-state index in [-0.39, 0.29) is 0 Å². The molecule has 1 aliphatic rings. The second kappa shape index (κ2) is 5.45. The fourth-order valence-corrected chi connectivity index (χ4v) is 3.99. The molecule has 1 N–H and O–H groups in total. The maximum Gasteiger partial charge on any atom is 0.109 e. The molecule has 2 atom stereocenters. The van der Waals surface area contributed by atoms with Gasteiger partial charge in [-0.2, -0.15) is 0 Å². The highest BCUT2D eigenvalue weighted by atomic mass is 15.2. The second-order valence-electron chi connectivity index (χ2n) is 6.87. The van der Waals surface area contributed by atoms with Crippen molar-refractivity contribution >= 4 is 11.0 Å². The number of para-hydroxylation sites is 2. The van der Waals surface area contributed by atoms with Crippen molar-refractivity contribution in [3.63, 3.8) is 0 Å². The van der Waals surface area contributed by atoms with Crippen molar-refractivity contribution in [3.8, 4) is 0 Å². The Kier molecular flexibility index (Phi) is 3.78. The zero-order valence-corrected chi connectivity index (χ0v) is 13.7. The van der Waals surface area contributed by atoms with Crippen molar-refractivity contribution in [2.24, 2.45) is 5.41 Å². The van der Waals surface area contributed by atoms with Crippen LogP contribution in [0.2, 0.25) is 0 Å². The molecule has 114 valence electrons. The molecule has 2 unspecified atom stereocenters. The summed E-state index contributed by atoms with van der Waals surface area (Å²) in [6.07, 6.45) is 3.49.